The van der Waals surface area contributed by atoms with E-state index in [1.54, 1.807) is 0 Å². The van der Waals surface area contributed by atoms with Crippen LogP contribution in [0.15, 0.2) is 53.0 Å². The fourth-order valence-corrected chi connectivity index (χ4v) is 2.39. The topological polar surface area (TPSA) is 21.3 Å². The Morgan fingerprint density at radius 3 is 2.17 bits per heavy atom. The summed E-state index contributed by atoms with van der Waals surface area (Å²) in [6.45, 7) is 0.864. The SMILES string of the molecule is CNCC(OCc1ccc(C(F)(F)F)cc1)c1ccc(Br)cc1. The van der Waals surface area contributed by atoms with Crippen molar-refractivity contribution in [3.05, 3.63) is 69.7 Å². The van der Waals surface area contributed by atoms with Gasteiger partial charge in [-0.1, -0.05) is 40.2 Å². The van der Waals surface area contributed by atoms with Gasteiger partial charge in [0.15, 0.2) is 0 Å². The van der Waals surface area contributed by atoms with E-state index >= 15 is 0 Å². The molecule has 2 aromatic carbocycles. The van der Waals surface area contributed by atoms with Crippen molar-refractivity contribution in [3.8, 4) is 0 Å². The molecule has 0 saturated heterocycles. The Morgan fingerprint density at radius 1 is 1.04 bits per heavy atom. The summed E-state index contributed by atoms with van der Waals surface area (Å²) < 4.78 is 44.5. The van der Waals surface area contributed by atoms with Crippen LogP contribution < -0.4 is 5.32 Å². The number of halogens is 4. The van der Waals surface area contributed by atoms with Crippen molar-refractivity contribution in [3.63, 3.8) is 0 Å². The number of rotatable bonds is 6. The third-order valence-corrected chi connectivity index (χ3v) is 3.89. The van der Waals surface area contributed by atoms with E-state index < -0.39 is 11.7 Å². The van der Waals surface area contributed by atoms with Gasteiger partial charge in [-0.3, -0.25) is 0 Å². The van der Waals surface area contributed by atoms with Crippen molar-refractivity contribution in [2.75, 3.05) is 13.6 Å². The minimum atomic E-state index is -4.31. The van der Waals surface area contributed by atoms with Gasteiger partial charge in [-0.05, 0) is 42.4 Å². The fraction of sp³-hybridized carbons (Fsp3) is 0.294. The molecule has 0 aromatic heterocycles. The quantitative estimate of drug-likeness (QED) is 0.757. The van der Waals surface area contributed by atoms with Gasteiger partial charge >= 0.3 is 6.18 Å². The summed E-state index contributed by atoms with van der Waals surface area (Å²) in [6.07, 6.45) is -4.48. The lowest BCUT2D eigenvalue weighted by Gasteiger charge is -2.18. The molecule has 0 aliphatic heterocycles. The molecule has 1 atom stereocenters. The van der Waals surface area contributed by atoms with E-state index in [-0.39, 0.29) is 12.7 Å². The Hall–Kier alpha value is -1.37. The van der Waals surface area contributed by atoms with Gasteiger partial charge in [0.1, 0.15) is 0 Å². The van der Waals surface area contributed by atoms with Crippen molar-refractivity contribution < 1.29 is 17.9 Å². The zero-order valence-electron chi connectivity index (χ0n) is 12.5. The number of likely N-dealkylation sites (N-methyl/N-ethyl adjacent to an activating group) is 1. The van der Waals surface area contributed by atoms with Gasteiger partial charge in [0.05, 0.1) is 18.3 Å². The van der Waals surface area contributed by atoms with Crippen LogP contribution >= 0.6 is 15.9 Å². The van der Waals surface area contributed by atoms with Crippen LogP contribution in [0.1, 0.15) is 22.8 Å². The number of ether oxygens (including phenoxy) is 1. The van der Waals surface area contributed by atoms with Crippen LogP contribution in [0.5, 0.6) is 0 Å². The number of hydrogen-bond acceptors (Lipinski definition) is 2. The van der Waals surface area contributed by atoms with Crippen molar-refractivity contribution in [2.24, 2.45) is 0 Å². The molecule has 2 aromatic rings. The summed E-state index contributed by atoms with van der Waals surface area (Å²) in [5, 5.41) is 3.06. The lowest BCUT2D eigenvalue weighted by Crippen LogP contribution is -2.19. The largest absolute Gasteiger partial charge is 0.416 e. The van der Waals surface area contributed by atoms with Gasteiger partial charge in [0, 0.05) is 11.0 Å². The number of benzene rings is 2. The third kappa shape index (κ3) is 5.34. The summed E-state index contributed by atoms with van der Waals surface area (Å²) in [6, 6.07) is 12.8. The molecule has 0 aliphatic rings. The second-order valence-electron chi connectivity index (χ2n) is 5.10. The van der Waals surface area contributed by atoms with E-state index in [9.17, 15) is 13.2 Å². The molecule has 6 heteroatoms. The molecule has 0 saturated carbocycles. The van der Waals surface area contributed by atoms with Crippen LogP contribution in [0.2, 0.25) is 0 Å². The fourth-order valence-electron chi connectivity index (χ4n) is 2.12. The standard InChI is InChI=1S/C17H17BrF3NO/c1-22-10-16(13-4-8-15(18)9-5-13)23-11-12-2-6-14(7-3-12)17(19,20)21/h2-9,16,22H,10-11H2,1H3. The molecule has 0 heterocycles. The molecule has 1 unspecified atom stereocenters. The lowest BCUT2D eigenvalue weighted by atomic mass is 10.1. The second kappa shape index (κ2) is 7.95. The molecule has 124 valence electrons. The molecular weight excluding hydrogens is 371 g/mol. The lowest BCUT2D eigenvalue weighted by molar-refractivity contribution is -0.137. The minimum Gasteiger partial charge on any atom is -0.368 e. The molecule has 0 fully saturated rings. The molecule has 2 rings (SSSR count). The Morgan fingerprint density at radius 2 is 1.65 bits per heavy atom. The highest BCUT2D eigenvalue weighted by Gasteiger charge is 2.29. The summed E-state index contributed by atoms with van der Waals surface area (Å²) in [4.78, 5) is 0. The number of alkyl halides is 3. The summed E-state index contributed by atoms with van der Waals surface area (Å²) >= 11 is 3.38. The van der Waals surface area contributed by atoms with E-state index in [2.05, 4.69) is 21.2 Å². The summed E-state index contributed by atoms with van der Waals surface area (Å²) in [5.74, 6) is 0. The maximum Gasteiger partial charge on any atom is 0.416 e. The van der Waals surface area contributed by atoms with Crippen molar-refractivity contribution in [1.29, 1.82) is 0 Å². The Kier molecular flexibility index (Phi) is 6.21. The van der Waals surface area contributed by atoms with Crippen LogP contribution in [0, 0.1) is 0 Å². The zero-order valence-corrected chi connectivity index (χ0v) is 14.1. The number of nitrogens with one attached hydrogen (secondary N) is 1. The van der Waals surface area contributed by atoms with Gasteiger partial charge in [-0.25, -0.2) is 0 Å². The summed E-state index contributed by atoms with van der Waals surface area (Å²) in [7, 11) is 1.83. The monoisotopic (exact) mass is 387 g/mol. The van der Waals surface area contributed by atoms with Crippen molar-refractivity contribution in [1.82, 2.24) is 5.32 Å². The zero-order chi connectivity index (χ0) is 16.9. The molecule has 0 aliphatic carbocycles. The third-order valence-electron chi connectivity index (χ3n) is 3.36. The smallest absolute Gasteiger partial charge is 0.368 e. The summed E-state index contributed by atoms with van der Waals surface area (Å²) in [5.41, 5.74) is 1.06. The van der Waals surface area contributed by atoms with Crippen LogP contribution in [-0.2, 0) is 17.5 Å². The second-order valence-corrected chi connectivity index (χ2v) is 6.02. The highest BCUT2D eigenvalue weighted by atomic mass is 79.9. The molecule has 0 amide bonds. The molecular formula is C17H17BrF3NO. The molecule has 23 heavy (non-hydrogen) atoms. The van der Waals surface area contributed by atoms with Gasteiger partial charge in [-0.2, -0.15) is 13.2 Å². The van der Waals surface area contributed by atoms with E-state index in [1.165, 1.54) is 12.1 Å². The average molecular weight is 388 g/mol. The van der Waals surface area contributed by atoms with Gasteiger partial charge < -0.3 is 10.1 Å². The highest BCUT2D eigenvalue weighted by molar-refractivity contribution is 9.10. The predicted molar refractivity (Wildman–Crippen MR) is 87.0 cm³/mol. The average Bonchev–Trinajstić information content (AvgIpc) is 2.52. The number of hydrogen-bond donors (Lipinski definition) is 1. The van der Waals surface area contributed by atoms with E-state index in [1.807, 2.05) is 31.3 Å². The van der Waals surface area contributed by atoms with Crippen LogP contribution in [0.4, 0.5) is 13.2 Å². The van der Waals surface area contributed by atoms with Crippen molar-refractivity contribution in [2.45, 2.75) is 18.9 Å². The van der Waals surface area contributed by atoms with Gasteiger partial charge in [0.2, 0.25) is 0 Å². The molecule has 2 nitrogen and oxygen atoms in total. The minimum absolute atomic E-state index is 0.171. The van der Waals surface area contributed by atoms with Crippen LogP contribution in [0.3, 0.4) is 0 Å². The van der Waals surface area contributed by atoms with Crippen LogP contribution in [0.25, 0.3) is 0 Å². The van der Waals surface area contributed by atoms with Crippen LogP contribution in [-0.4, -0.2) is 13.6 Å². The first-order chi connectivity index (χ1) is 10.9. The molecule has 0 bridgehead atoms. The Labute approximate surface area is 141 Å². The Balaban J connectivity index is 2.02. The predicted octanol–water partition coefficient (Wildman–Crippen LogP) is 4.95. The normalized spacial score (nSPS) is 13.1. The van der Waals surface area contributed by atoms with E-state index in [0.717, 1.165) is 22.2 Å². The first-order valence-corrected chi connectivity index (χ1v) is 7.87. The highest BCUT2D eigenvalue weighted by Crippen LogP contribution is 2.29. The Bertz CT molecular complexity index is 611. The maximum atomic E-state index is 12.5. The first-order valence-electron chi connectivity index (χ1n) is 7.08. The van der Waals surface area contributed by atoms with Gasteiger partial charge in [0.25, 0.3) is 0 Å². The van der Waals surface area contributed by atoms with E-state index in [0.29, 0.717) is 12.1 Å². The molecule has 0 spiro atoms. The maximum absolute atomic E-state index is 12.5. The first kappa shape index (κ1) is 18.0. The molecule has 0 radical (unpaired) electrons. The molecule has 1 N–H and O–H groups in total. The van der Waals surface area contributed by atoms with E-state index in [4.69, 9.17) is 4.74 Å². The van der Waals surface area contributed by atoms with Gasteiger partial charge in [-0.15, -0.1) is 0 Å². The van der Waals surface area contributed by atoms with Crippen molar-refractivity contribution >= 4 is 15.9 Å².